The fraction of sp³-hybridized carbons (Fsp3) is 0.304. The summed E-state index contributed by atoms with van der Waals surface area (Å²) in [5.41, 5.74) is 4.73. The van der Waals surface area contributed by atoms with Crippen molar-refractivity contribution < 1.29 is 4.79 Å². The van der Waals surface area contributed by atoms with Crippen LogP contribution in [0.5, 0.6) is 0 Å². The Kier molecular flexibility index (Phi) is 5.26. The zero-order chi connectivity index (χ0) is 19.5. The van der Waals surface area contributed by atoms with Crippen molar-refractivity contribution >= 4 is 5.91 Å². The average Bonchev–Trinajstić information content (AvgIpc) is 3.03. The van der Waals surface area contributed by atoms with Crippen molar-refractivity contribution in [1.29, 1.82) is 0 Å². The van der Waals surface area contributed by atoms with Gasteiger partial charge in [-0.2, -0.15) is 5.10 Å². The van der Waals surface area contributed by atoms with Crippen LogP contribution in [0.3, 0.4) is 0 Å². The van der Waals surface area contributed by atoms with Crippen LogP contribution in [0.1, 0.15) is 27.3 Å². The third-order valence-electron chi connectivity index (χ3n) is 5.41. The maximum Gasteiger partial charge on any atom is 0.257 e. The van der Waals surface area contributed by atoms with Crippen LogP contribution in [0.4, 0.5) is 0 Å². The van der Waals surface area contributed by atoms with Gasteiger partial charge in [-0.05, 0) is 31.5 Å². The van der Waals surface area contributed by atoms with Crippen LogP contribution in [-0.4, -0.2) is 51.7 Å². The molecule has 0 N–H and O–H groups in total. The first-order valence-electron chi connectivity index (χ1n) is 9.80. The number of aryl methyl sites for hydroxylation is 1. The van der Waals surface area contributed by atoms with Crippen LogP contribution >= 0.6 is 0 Å². The van der Waals surface area contributed by atoms with E-state index in [2.05, 4.69) is 34.3 Å². The highest BCUT2D eigenvalue weighted by Crippen LogP contribution is 2.20. The molecule has 0 bridgehead atoms. The lowest BCUT2D eigenvalue weighted by molar-refractivity contribution is 0.0627. The Hall–Kier alpha value is -2.92. The Morgan fingerprint density at radius 1 is 0.893 bits per heavy atom. The van der Waals surface area contributed by atoms with E-state index in [1.54, 1.807) is 0 Å². The molecule has 2 heterocycles. The molecule has 1 amide bonds. The summed E-state index contributed by atoms with van der Waals surface area (Å²) in [6, 6.07) is 20.5. The molecule has 0 radical (unpaired) electrons. The minimum atomic E-state index is 0.0940. The molecule has 1 saturated heterocycles. The van der Waals surface area contributed by atoms with Gasteiger partial charge in [0, 0.05) is 32.7 Å². The van der Waals surface area contributed by atoms with Crippen molar-refractivity contribution in [3.8, 4) is 5.69 Å². The predicted molar refractivity (Wildman–Crippen MR) is 111 cm³/mol. The predicted octanol–water partition coefficient (Wildman–Crippen LogP) is 3.45. The fourth-order valence-corrected chi connectivity index (χ4v) is 3.88. The number of carbonyl (C=O) groups excluding carboxylic acids is 1. The minimum absolute atomic E-state index is 0.0940. The number of nitrogens with zero attached hydrogens (tertiary/aromatic N) is 4. The number of piperazine rings is 1. The van der Waals surface area contributed by atoms with Gasteiger partial charge in [0.2, 0.25) is 0 Å². The third kappa shape index (κ3) is 3.71. The highest BCUT2D eigenvalue weighted by Gasteiger charge is 2.27. The summed E-state index contributed by atoms with van der Waals surface area (Å²) in [5.74, 6) is 0.0940. The molecule has 1 aliphatic rings. The smallest absolute Gasteiger partial charge is 0.257 e. The van der Waals surface area contributed by atoms with Gasteiger partial charge in [0.05, 0.1) is 22.6 Å². The van der Waals surface area contributed by atoms with E-state index in [1.165, 1.54) is 5.56 Å². The summed E-state index contributed by atoms with van der Waals surface area (Å²) >= 11 is 0. The molecule has 0 saturated carbocycles. The number of rotatable bonds is 4. The minimum Gasteiger partial charge on any atom is -0.336 e. The Morgan fingerprint density at radius 3 is 2.14 bits per heavy atom. The van der Waals surface area contributed by atoms with Crippen molar-refractivity contribution in [2.45, 2.75) is 20.4 Å². The maximum atomic E-state index is 13.2. The summed E-state index contributed by atoms with van der Waals surface area (Å²) in [7, 11) is 0. The lowest BCUT2D eigenvalue weighted by atomic mass is 10.1. The molecule has 0 atom stereocenters. The van der Waals surface area contributed by atoms with Crippen LogP contribution in [0.25, 0.3) is 5.69 Å². The molecule has 0 aliphatic carbocycles. The zero-order valence-electron chi connectivity index (χ0n) is 16.5. The zero-order valence-corrected chi connectivity index (χ0v) is 16.5. The Morgan fingerprint density at radius 2 is 1.50 bits per heavy atom. The maximum absolute atomic E-state index is 13.2. The number of benzene rings is 2. The normalized spacial score (nSPS) is 15.0. The summed E-state index contributed by atoms with van der Waals surface area (Å²) in [6.07, 6.45) is 0. The molecule has 28 heavy (non-hydrogen) atoms. The Labute approximate surface area is 166 Å². The quantitative estimate of drug-likeness (QED) is 0.702. The van der Waals surface area contributed by atoms with Crippen LogP contribution < -0.4 is 0 Å². The highest BCUT2D eigenvalue weighted by atomic mass is 16.2. The fourth-order valence-electron chi connectivity index (χ4n) is 3.88. The van der Waals surface area contributed by atoms with Crippen LogP contribution in [0.15, 0.2) is 60.7 Å². The van der Waals surface area contributed by atoms with Gasteiger partial charge in [-0.1, -0.05) is 48.5 Å². The summed E-state index contributed by atoms with van der Waals surface area (Å²) in [5, 5.41) is 4.63. The van der Waals surface area contributed by atoms with E-state index >= 15 is 0 Å². The van der Waals surface area contributed by atoms with Crippen LogP contribution in [-0.2, 0) is 6.54 Å². The van der Waals surface area contributed by atoms with Gasteiger partial charge in [-0.15, -0.1) is 0 Å². The summed E-state index contributed by atoms with van der Waals surface area (Å²) in [4.78, 5) is 17.6. The van der Waals surface area contributed by atoms with E-state index < -0.39 is 0 Å². The molecule has 144 valence electrons. The third-order valence-corrected chi connectivity index (χ3v) is 5.41. The molecular formula is C23H26N4O. The van der Waals surface area contributed by atoms with Gasteiger partial charge < -0.3 is 4.90 Å². The summed E-state index contributed by atoms with van der Waals surface area (Å²) in [6.45, 7) is 8.13. The lowest BCUT2D eigenvalue weighted by Gasteiger charge is -2.34. The SMILES string of the molecule is Cc1nn(-c2ccccc2)c(C)c1C(=O)N1CCN(Cc2ccccc2)CC1. The molecule has 2 aromatic carbocycles. The average molecular weight is 374 g/mol. The van der Waals surface area contributed by atoms with Gasteiger partial charge in [-0.3, -0.25) is 9.69 Å². The molecule has 1 aliphatic heterocycles. The molecule has 0 unspecified atom stereocenters. The molecular weight excluding hydrogens is 348 g/mol. The van der Waals surface area contributed by atoms with Crippen molar-refractivity contribution in [2.24, 2.45) is 0 Å². The van der Waals surface area contributed by atoms with Gasteiger partial charge >= 0.3 is 0 Å². The standard InChI is InChI=1S/C23H26N4O/c1-18-22(19(2)27(24-18)21-11-7-4-8-12-21)23(28)26-15-13-25(14-16-26)17-20-9-5-3-6-10-20/h3-12H,13-17H2,1-2H3. The number of amides is 1. The number of para-hydroxylation sites is 1. The van der Waals surface area contributed by atoms with Crippen LogP contribution in [0.2, 0.25) is 0 Å². The first-order chi connectivity index (χ1) is 13.6. The van der Waals surface area contributed by atoms with Crippen molar-refractivity contribution in [2.75, 3.05) is 26.2 Å². The lowest BCUT2D eigenvalue weighted by Crippen LogP contribution is -2.48. The highest BCUT2D eigenvalue weighted by molar-refractivity contribution is 5.96. The van der Waals surface area contributed by atoms with Crippen LogP contribution in [0, 0.1) is 13.8 Å². The van der Waals surface area contributed by atoms with E-state index in [1.807, 2.05) is 59.8 Å². The summed E-state index contributed by atoms with van der Waals surface area (Å²) < 4.78 is 1.87. The number of hydrogen-bond acceptors (Lipinski definition) is 3. The van der Waals surface area contributed by atoms with Crippen molar-refractivity contribution in [3.63, 3.8) is 0 Å². The largest absolute Gasteiger partial charge is 0.336 e. The first kappa shape index (κ1) is 18.4. The van der Waals surface area contributed by atoms with E-state index in [9.17, 15) is 4.79 Å². The van der Waals surface area contributed by atoms with Gasteiger partial charge in [0.25, 0.3) is 5.91 Å². The Balaban J connectivity index is 1.45. The second-order valence-corrected chi connectivity index (χ2v) is 7.35. The molecule has 1 fully saturated rings. The van der Waals surface area contributed by atoms with Gasteiger partial charge in [-0.25, -0.2) is 4.68 Å². The van der Waals surface area contributed by atoms with E-state index in [0.29, 0.717) is 0 Å². The second-order valence-electron chi connectivity index (χ2n) is 7.35. The molecule has 4 rings (SSSR count). The topological polar surface area (TPSA) is 41.4 Å². The molecule has 0 spiro atoms. The number of carbonyl (C=O) groups is 1. The van der Waals surface area contributed by atoms with E-state index in [0.717, 1.165) is 55.4 Å². The monoisotopic (exact) mass is 374 g/mol. The van der Waals surface area contributed by atoms with Crippen molar-refractivity contribution in [1.82, 2.24) is 19.6 Å². The molecule has 3 aromatic rings. The van der Waals surface area contributed by atoms with Gasteiger partial charge in [0.1, 0.15) is 0 Å². The molecule has 5 heteroatoms. The number of hydrogen-bond donors (Lipinski definition) is 0. The van der Waals surface area contributed by atoms with E-state index in [-0.39, 0.29) is 5.91 Å². The van der Waals surface area contributed by atoms with Gasteiger partial charge in [0.15, 0.2) is 0 Å². The molecule has 5 nitrogen and oxygen atoms in total. The first-order valence-corrected chi connectivity index (χ1v) is 9.80. The number of aromatic nitrogens is 2. The van der Waals surface area contributed by atoms with E-state index in [4.69, 9.17) is 0 Å². The second kappa shape index (κ2) is 7.98. The Bertz CT molecular complexity index is 941. The molecule has 1 aromatic heterocycles. The van der Waals surface area contributed by atoms with Crippen molar-refractivity contribution in [3.05, 3.63) is 83.2 Å².